The fraction of sp³-hybridized carbons (Fsp3) is 0.375. The summed E-state index contributed by atoms with van der Waals surface area (Å²) in [6, 6.07) is 16.8. The SMILES string of the molecule is CCOc1ccc(S(=O)(=O)N(CC(=O)N(Cc2ccc(OC)cc2)C(CC)C(=O)NC(C)(C)C)c2ccc(F)cc2)cc1. The number of methoxy groups -OCH3 is 1. The number of carbonyl (C=O) groups is 2. The highest BCUT2D eigenvalue weighted by Gasteiger charge is 2.34. The van der Waals surface area contributed by atoms with Crippen molar-refractivity contribution in [2.24, 2.45) is 0 Å². The number of hydrogen-bond donors (Lipinski definition) is 1. The van der Waals surface area contributed by atoms with Gasteiger partial charge < -0.3 is 19.7 Å². The number of rotatable bonds is 13. The van der Waals surface area contributed by atoms with Crippen LogP contribution in [0, 0.1) is 5.82 Å². The van der Waals surface area contributed by atoms with Gasteiger partial charge in [-0.05, 0) is 100 Å². The summed E-state index contributed by atoms with van der Waals surface area (Å²) >= 11 is 0. The average Bonchev–Trinajstić information content (AvgIpc) is 2.96. The summed E-state index contributed by atoms with van der Waals surface area (Å²) in [5.41, 5.74) is 0.260. The Balaban J connectivity index is 2.05. The molecule has 0 saturated heterocycles. The molecule has 3 rings (SSSR count). The third-order valence-corrected chi connectivity index (χ3v) is 8.30. The maximum absolute atomic E-state index is 14.1. The van der Waals surface area contributed by atoms with Crippen LogP contribution in [0.25, 0.3) is 0 Å². The molecule has 0 spiro atoms. The van der Waals surface area contributed by atoms with Crippen LogP contribution in [-0.4, -0.2) is 57.0 Å². The molecule has 1 N–H and O–H groups in total. The van der Waals surface area contributed by atoms with Gasteiger partial charge in [-0.15, -0.1) is 0 Å². The van der Waals surface area contributed by atoms with E-state index in [1.165, 1.54) is 41.3 Å². The van der Waals surface area contributed by atoms with E-state index < -0.39 is 39.9 Å². The quantitative estimate of drug-likeness (QED) is 0.286. The van der Waals surface area contributed by atoms with Crippen LogP contribution >= 0.6 is 0 Å². The lowest BCUT2D eigenvalue weighted by Crippen LogP contribution is -2.55. The van der Waals surface area contributed by atoms with E-state index in [0.29, 0.717) is 18.1 Å². The van der Waals surface area contributed by atoms with E-state index in [9.17, 15) is 22.4 Å². The lowest BCUT2D eigenvalue weighted by molar-refractivity contribution is -0.141. The van der Waals surface area contributed by atoms with Gasteiger partial charge in [0.25, 0.3) is 10.0 Å². The van der Waals surface area contributed by atoms with Crippen LogP contribution in [-0.2, 0) is 26.2 Å². The van der Waals surface area contributed by atoms with Gasteiger partial charge in [-0.3, -0.25) is 13.9 Å². The Morgan fingerprint density at radius 3 is 2.00 bits per heavy atom. The molecule has 9 nitrogen and oxygen atoms in total. The zero-order chi connectivity index (χ0) is 31.8. The first-order chi connectivity index (χ1) is 20.3. The maximum atomic E-state index is 14.1. The molecule has 2 amide bonds. The van der Waals surface area contributed by atoms with Crippen molar-refractivity contribution in [2.45, 2.75) is 64.1 Å². The Labute approximate surface area is 253 Å². The van der Waals surface area contributed by atoms with Gasteiger partial charge in [0, 0.05) is 12.1 Å². The lowest BCUT2D eigenvalue weighted by Gasteiger charge is -2.34. The number of carbonyl (C=O) groups excluding carboxylic acids is 2. The second-order valence-corrected chi connectivity index (χ2v) is 12.8. The van der Waals surface area contributed by atoms with Gasteiger partial charge in [-0.25, -0.2) is 12.8 Å². The number of nitrogens with zero attached hydrogens (tertiary/aromatic N) is 2. The Morgan fingerprint density at radius 2 is 1.49 bits per heavy atom. The number of ether oxygens (including phenoxy) is 2. The van der Waals surface area contributed by atoms with E-state index in [-0.39, 0.29) is 29.5 Å². The molecular weight excluding hydrogens is 573 g/mol. The molecule has 3 aromatic rings. The van der Waals surface area contributed by atoms with Gasteiger partial charge in [-0.2, -0.15) is 0 Å². The molecule has 43 heavy (non-hydrogen) atoms. The van der Waals surface area contributed by atoms with Gasteiger partial charge in [-0.1, -0.05) is 19.1 Å². The first-order valence-corrected chi connectivity index (χ1v) is 15.5. The molecule has 0 radical (unpaired) electrons. The zero-order valence-electron chi connectivity index (χ0n) is 25.5. The third kappa shape index (κ3) is 8.93. The van der Waals surface area contributed by atoms with Crippen molar-refractivity contribution in [2.75, 3.05) is 24.6 Å². The number of hydrogen-bond acceptors (Lipinski definition) is 6. The average molecular weight is 614 g/mol. The van der Waals surface area contributed by atoms with E-state index in [0.717, 1.165) is 22.0 Å². The topological polar surface area (TPSA) is 105 Å². The van der Waals surface area contributed by atoms with Crippen LogP contribution in [0.3, 0.4) is 0 Å². The predicted octanol–water partition coefficient (Wildman–Crippen LogP) is 5.15. The minimum absolute atomic E-state index is 0.0409. The first-order valence-electron chi connectivity index (χ1n) is 14.0. The second kappa shape index (κ2) is 14.4. The summed E-state index contributed by atoms with van der Waals surface area (Å²) < 4.78 is 53.4. The van der Waals surface area contributed by atoms with E-state index >= 15 is 0 Å². The van der Waals surface area contributed by atoms with Crippen molar-refractivity contribution in [3.05, 3.63) is 84.2 Å². The Hall–Kier alpha value is -4.12. The summed E-state index contributed by atoms with van der Waals surface area (Å²) in [7, 11) is -2.75. The molecular formula is C32H40FN3O6S. The molecule has 1 unspecified atom stereocenters. The molecule has 11 heteroatoms. The Kier molecular flexibility index (Phi) is 11.2. The van der Waals surface area contributed by atoms with E-state index in [4.69, 9.17) is 9.47 Å². The molecule has 0 fully saturated rings. The summed E-state index contributed by atoms with van der Waals surface area (Å²) in [5.74, 6) is -0.403. The molecule has 0 aliphatic carbocycles. The summed E-state index contributed by atoms with van der Waals surface area (Å²) in [5, 5.41) is 2.93. The molecule has 0 saturated carbocycles. The van der Waals surface area contributed by atoms with Gasteiger partial charge in [0.05, 0.1) is 24.3 Å². The van der Waals surface area contributed by atoms with Crippen molar-refractivity contribution in [3.63, 3.8) is 0 Å². The van der Waals surface area contributed by atoms with Crippen molar-refractivity contribution in [1.29, 1.82) is 0 Å². The fourth-order valence-corrected chi connectivity index (χ4v) is 5.85. The van der Waals surface area contributed by atoms with Crippen LogP contribution in [0.5, 0.6) is 11.5 Å². The molecule has 3 aromatic carbocycles. The summed E-state index contributed by atoms with van der Waals surface area (Å²) in [4.78, 5) is 28.8. The van der Waals surface area contributed by atoms with Crippen molar-refractivity contribution in [3.8, 4) is 11.5 Å². The van der Waals surface area contributed by atoms with Crippen LogP contribution in [0.2, 0.25) is 0 Å². The zero-order valence-corrected chi connectivity index (χ0v) is 26.3. The summed E-state index contributed by atoms with van der Waals surface area (Å²) in [6.07, 6.45) is 0.284. The standard InChI is InChI=1S/C32H40FN3O6S/c1-7-29(31(38)34-32(3,4)5)35(21-23-9-15-26(41-6)16-10-23)30(37)22-36(25-13-11-24(33)12-14-25)43(39,40)28-19-17-27(18-20-28)42-8-2/h9-20,29H,7-8,21-22H2,1-6H3,(H,34,38). The molecule has 0 heterocycles. The fourth-order valence-electron chi connectivity index (χ4n) is 4.44. The van der Waals surface area contributed by atoms with Crippen molar-refractivity contribution >= 4 is 27.5 Å². The Bertz CT molecular complexity index is 1470. The first kappa shape index (κ1) is 33.4. The number of halogens is 1. The highest BCUT2D eigenvalue weighted by Crippen LogP contribution is 2.27. The molecule has 0 aliphatic heterocycles. The lowest BCUT2D eigenvalue weighted by atomic mass is 10.1. The van der Waals surface area contributed by atoms with Crippen molar-refractivity contribution < 1.29 is 31.9 Å². The predicted molar refractivity (Wildman–Crippen MR) is 164 cm³/mol. The van der Waals surface area contributed by atoms with Gasteiger partial charge >= 0.3 is 0 Å². The Morgan fingerprint density at radius 1 is 0.907 bits per heavy atom. The molecule has 1 atom stereocenters. The molecule has 0 aliphatic rings. The summed E-state index contributed by atoms with van der Waals surface area (Å²) in [6.45, 7) is 8.95. The molecule has 0 aromatic heterocycles. The number of benzene rings is 3. The van der Waals surface area contributed by atoms with E-state index in [2.05, 4.69) is 5.32 Å². The van der Waals surface area contributed by atoms with E-state index in [1.54, 1.807) is 38.3 Å². The van der Waals surface area contributed by atoms with Crippen LogP contribution < -0.4 is 19.1 Å². The van der Waals surface area contributed by atoms with Gasteiger partial charge in [0.15, 0.2) is 0 Å². The van der Waals surface area contributed by atoms with E-state index in [1.807, 2.05) is 27.7 Å². The monoisotopic (exact) mass is 613 g/mol. The number of sulfonamides is 1. The smallest absolute Gasteiger partial charge is 0.264 e. The number of amides is 2. The van der Waals surface area contributed by atoms with Gasteiger partial charge in [0.2, 0.25) is 11.8 Å². The number of anilines is 1. The largest absolute Gasteiger partial charge is 0.497 e. The highest BCUT2D eigenvalue weighted by atomic mass is 32.2. The normalized spacial score (nSPS) is 12.3. The minimum atomic E-state index is -4.30. The van der Waals surface area contributed by atoms with Gasteiger partial charge in [0.1, 0.15) is 29.9 Å². The van der Waals surface area contributed by atoms with Crippen LogP contribution in [0.1, 0.15) is 46.6 Å². The molecule has 232 valence electrons. The molecule has 0 bridgehead atoms. The second-order valence-electron chi connectivity index (χ2n) is 10.9. The van der Waals surface area contributed by atoms with Crippen molar-refractivity contribution in [1.82, 2.24) is 10.2 Å². The maximum Gasteiger partial charge on any atom is 0.264 e. The minimum Gasteiger partial charge on any atom is -0.497 e. The van der Waals surface area contributed by atoms with Crippen LogP contribution in [0.15, 0.2) is 77.7 Å². The number of nitrogens with one attached hydrogen (secondary N) is 1. The highest BCUT2D eigenvalue weighted by molar-refractivity contribution is 7.92. The van der Waals surface area contributed by atoms with Crippen LogP contribution in [0.4, 0.5) is 10.1 Å². The third-order valence-electron chi connectivity index (χ3n) is 6.51.